The van der Waals surface area contributed by atoms with Crippen LogP contribution >= 0.6 is 0 Å². The van der Waals surface area contributed by atoms with E-state index in [0.717, 1.165) is 36.6 Å². The van der Waals surface area contributed by atoms with Gasteiger partial charge in [0, 0.05) is 25.7 Å². The molecule has 0 amide bonds. The molecule has 1 N–H and O–H groups in total. The summed E-state index contributed by atoms with van der Waals surface area (Å²) in [5.74, 6) is 2.75. The van der Waals surface area contributed by atoms with Gasteiger partial charge in [-0.2, -0.15) is 9.97 Å². The molecule has 1 aromatic heterocycles. The number of anilines is 2. The monoisotopic (exact) mass is 476 g/mol. The third-order valence-electron chi connectivity index (χ3n) is 6.61. The second-order valence-corrected chi connectivity index (χ2v) is 8.91. The van der Waals surface area contributed by atoms with Crippen molar-refractivity contribution in [2.24, 2.45) is 0 Å². The molecule has 35 heavy (non-hydrogen) atoms. The number of ether oxygens (including phenoxy) is 3. The van der Waals surface area contributed by atoms with Crippen LogP contribution in [0.25, 0.3) is 0 Å². The smallest absolute Gasteiger partial charge is 0.230 e. The lowest BCUT2D eigenvalue weighted by atomic mass is 10.0. The molecule has 2 aliphatic rings. The number of morpholine rings is 1. The van der Waals surface area contributed by atoms with Crippen molar-refractivity contribution in [3.63, 3.8) is 0 Å². The van der Waals surface area contributed by atoms with E-state index in [4.69, 9.17) is 24.2 Å². The Labute approximate surface area is 206 Å². The second-order valence-electron chi connectivity index (χ2n) is 8.91. The minimum Gasteiger partial charge on any atom is -0.497 e. The summed E-state index contributed by atoms with van der Waals surface area (Å²) < 4.78 is 16.9. The van der Waals surface area contributed by atoms with E-state index >= 15 is 0 Å². The van der Waals surface area contributed by atoms with Gasteiger partial charge < -0.3 is 29.1 Å². The van der Waals surface area contributed by atoms with E-state index in [2.05, 4.69) is 21.9 Å². The molecule has 2 aliphatic heterocycles. The Morgan fingerprint density at radius 1 is 0.971 bits per heavy atom. The van der Waals surface area contributed by atoms with Gasteiger partial charge >= 0.3 is 0 Å². The molecule has 2 aromatic carbocycles. The van der Waals surface area contributed by atoms with Crippen molar-refractivity contribution in [2.75, 3.05) is 49.8 Å². The molecular weight excluding hydrogens is 444 g/mol. The summed E-state index contributed by atoms with van der Waals surface area (Å²) in [5.41, 5.74) is 2.21. The Morgan fingerprint density at radius 2 is 1.74 bits per heavy atom. The molecule has 2 atom stereocenters. The zero-order chi connectivity index (χ0) is 24.0. The van der Waals surface area contributed by atoms with Gasteiger partial charge in [0.1, 0.15) is 18.2 Å². The maximum absolute atomic E-state index is 10.8. The largest absolute Gasteiger partial charge is 0.497 e. The van der Waals surface area contributed by atoms with Crippen LogP contribution in [0.1, 0.15) is 17.5 Å². The fourth-order valence-electron chi connectivity index (χ4n) is 4.62. The van der Waals surface area contributed by atoms with Crippen LogP contribution in [-0.2, 0) is 17.8 Å². The first-order valence-corrected chi connectivity index (χ1v) is 12.2. The predicted octanol–water partition coefficient (Wildman–Crippen LogP) is 3.08. The summed E-state index contributed by atoms with van der Waals surface area (Å²) in [5, 5.41) is 10.8. The predicted molar refractivity (Wildman–Crippen MR) is 134 cm³/mol. The third kappa shape index (κ3) is 5.66. The number of hydrogen-bond donors (Lipinski definition) is 1. The summed E-state index contributed by atoms with van der Waals surface area (Å²) in [4.78, 5) is 14.0. The van der Waals surface area contributed by atoms with Crippen molar-refractivity contribution in [3.05, 3.63) is 71.8 Å². The van der Waals surface area contributed by atoms with E-state index in [1.807, 2.05) is 48.5 Å². The van der Waals surface area contributed by atoms with Gasteiger partial charge in [-0.05, 0) is 36.1 Å². The van der Waals surface area contributed by atoms with Crippen LogP contribution in [0.5, 0.6) is 11.6 Å². The number of aliphatic hydroxyl groups excluding tert-OH is 1. The topological polar surface area (TPSA) is 80.2 Å². The minimum absolute atomic E-state index is 0.0909. The highest BCUT2D eigenvalue weighted by atomic mass is 16.5. The highest BCUT2D eigenvalue weighted by Gasteiger charge is 2.35. The van der Waals surface area contributed by atoms with E-state index in [0.29, 0.717) is 44.6 Å². The summed E-state index contributed by atoms with van der Waals surface area (Å²) in [7, 11) is 1.65. The van der Waals surface area contributed by atoms with Crippen LogP contribution in [0.15, 0.2) is 60.7 Å². The third-order valence-corrected chi connectivity index (χ3v) is 6.61. The highest BCUT2D eigenvalue weighted by Crippen LogP contribution is 2.30. The lowest BCUT2D eigenvalue weighted by molar-refractivity contribution is 0.122. The molecule has 0 radical (unpaired) electrons. The molecule has 0 spiro atoms. The number of nitrogens with zero attached hydrogens (tertiary/aromatic N) is 4. The van der Waals surface area contributed by atoms with E-state index < -0.39 is 6.10 Å². The summed E-state index contributed by atoms with van der Waals surface area (Å²) in [6, 6.07) is 19.9. The summed E-state index contributed by atoms with van der Waals surface area (Å²) in [6.45, 7) is 3.96. The quantitative estimate of drug-likeness (QED) is 0.531. The Bertz CT molecular complexity index is 1090. The van der Waals surface area contributed by atoms with Crippen LogP contribution < -0.4 is 19.3 Å². The van der Waals surface area contributed by atoms with Crippen LogP contribution in [0.3, 0.4) is 0 Å². The van der Waals surface area contributed by atoms with Gasteiger partial charge in [-0.25, -0.2) is 0 Å². The van der Waals surface area contributed by atoms with Crippen LogP contribution in [-0.4, -0.2) is 67.2 Å². The Kier molecular flexibility index (Phi) is 7.30. The number of hydrogen-bond acceptors (Lipinski definition) is 8. The van der Waals surface area contributed by atoms with E-state index in [1.165, 1.54) is 5.56 Å². The summed E-state index contributed by atoms with van der Waals surface area (Å²) >= 11 is 0. The fraction of sp³-hybridized carbons (Fsp3) is 0.407. The molecule has 8 nitrogen and oxygen atoms in total. The first-order chi connectivity index (χ1) is 17.2. The van der Waals surface area contributed by atoms with Gasteiger partial charge in [-0.15, -0.1) is 0 Å². The van der Waals surface area contributed by atoms with Crippen molar-refractivity contribution < 1.29 is 19.3 Å². The summed E-state index contributed by atoms with van der Waals surface area (Å²) in [6.07, 6.45) is 0.981. The SMILES string of the molecule is COc1ccc(COc2cc(N3CCOCC3)nc(N3CC[C@H](O)[C@@H]3Cc3ccccc3)n2)cc1. The van der Waals surface area contributed by atoms with Crippen molar-refractivity contribution in [3.8, 4) is 11.6 Å². The molecule has 3 heterocycles. The zero-order valence-electron chi connectivity index (χ0n) is 20.0. The molecule has 2 fully saturated rings. The van der Waals surface area contributed by atoms with E-state index in [9.17, 15) is 5.11 Å². The zero-order valence-corrected chi connectivity index (χ0v) is 20.0. The molecule has 2 saturated heterocycles. The number of methoxy groups -OCH3 is 1. The molecule has 0 unspecified atom stereocenters. The van der Waals surface area contributed by atoms with Gasteiger partial charge in [-0.3, -0.25) is 0 Å². The molecule has 0 saturated carbocycles. The Morgan fingerprint density at radius 3 is 2.49 bits per heavy atom. The molecule has 3 aromatic rings. The second kappa shape index (κ2) is 10.9. The maximum Gasteiger partial charge on any atom is 0.230 e. The van der Waals surface area contributed by atoms with Gasteiger partial charge in [0.05, 0.1) is 32.5 Å². The Hall–Kier alpha value is -3.36. The van der Waals surface area contributed by atoms with E-state index in [-0.39, 0.29) is 6.04 Å². The molecular formula is C27H32N4O4. The van der Waals surface area contributed by atoms with Crippen molar-refractivity contribution in [2.45, 2.75) is 31.6 Å². The minimum atomic E-state index is -0.436. The lowest BCUT2D eigenvalue weighted by Gasteiger charge is -2.30. The number of aliphatic hydroxyl groups is 1. The first kappa shape index (κ1) is 23.4. The molecule has 0 bridgehead atoms. The highest BCUT2D eigenvalue weighted by molar-refractivity contribution is 5.49. The normalized spacial score (nSPS) is 20.2. The fourth-order valence-corrected chi connectivity index (χ4v) is 4.62. The van der Waals surface area contributed by atoms with Gasteiger partial charge in [-0.1, -0.05) is 42.5 Å². The van der Waals surface area contributed by atoms with E-state index in [1.54, 1.807) is 7.11 Å². The molecule has 0 aliphatic carbocycles. The van der Waals surface area contributed by atoms with Crippen molar-refractivity contribution >= 4 is 11.8 Å². The number of rotatable bonds is 8. The van der Waals surface area contributed by atoms with Gasteiger partial charge in [0.2, 0.25) is 11.8 Å². The standard InChI is InChI=1S/C27H32N4O4/c1-33-22-9-7-21(8-10-22)19-35-26-18-25(30-13-15-34-16-14-30)28-27(29-26)31-12-11-24(32)23(31)17-20-5-3-2-4-6-20/h2-10,18,23-24,32H,11-17,19H2,1H3/t23-,24-/m0/s1. The average molecular weight is 477 g/mol. The van der Waals surface area contributed by atoms with Gasteiger partial charge in [0.25, 0.3) is 0 Å². The lowest BCUT2D eigenvalue weighted by Crippen LogP contribution is -2.39. The number of benzene rings is 2. The first-order valence-electron chi connectivity index (χ1n) is 12.2. The molecule has 5 rings (SSSR count). The van der Waals surface area contributed by atoms with Crippen molar-refractivity contribution in [1.29, 1.82) is 0 Å². The molecule has 184 valence electrons. The average Bonchev–Trinajstić information content (AvgIpc) is 3.28. The van der Waals surface area contributed by atoms with Crippen molar-refractivity contribution in [1.82, 2.24) is 9.97 Å². The van der Waals surface area contributed by atoms with Crippen LogP contribution in [0, 0.1) is 0 Å². The van der Waals surface area contributed by atoms with Crippen LogP contribution in [0.2, 0.25) is 0 Å². The molecule has 8 heteroatoms. The maximum atomic E-state index is 10.8. The number of aromatic nitrogens is 2. The van der Waals surface area contributed by atoms with Gasteiger partial charge in [0.15, 0.2) is 0 Å². The van der Waals surface area contributed by atoms with Crippen LogP contribution in [0.4, 0.5) is 11.8 Å². The Balaban J connectivity index is 1.40.